The van der Waals surface area contributed by atoms with Gasteiger partial charge in [0.05, 0.1) is 67.2 Å². The largest absolute Gasteiger partial charge is 0.457 e. The fourth-order valence-electron chi connectivity index (χ4n) is 10.7. The van der Waals surface area contributed by atoms with Gasteiger partial charge in [0, 0.05) is 67.6 Å². The molecule has 2 aliphatic rings. The van der Waals surface area contributed by atoms with Gasteiger partial charge in [-0.3, -0.25) is 47.9 Å². The number of esters is 2. The molecule has 0 fully saturated rings. The molecule has 0 aliphatic carbocycles. The van der Waals surface area contributed by atoms with Crippen molar-refractivity contribution in [3.8, 4) is 11.4 Å². The van der Waals surface area contributed by atoms with Crippen LogP contribution in [0.1, 0.15) is 134 Å². The number of amides is 4. The van der Waals surface area contributed by atoms with Crippen molar-refractivity contribution in [2.45, 2.75) is 174 Å². The number of pyridine rings is 2. The van der Waals surface area contributed by atoms with Crippen LogP contribution in [-0.2, 0) is 87.3 Å². The minimum absolute atomic E-state index is 0.0329. The van der Waals surface area contributed by atoms with Crippen LogP contribution in [0, 0.1) is 11.3 Å². The maximum atomic E-state index is 14.2. The van der Waals surface area contributed by atoms with Gasteiger partial charge >= 0.3 is 11.9 Å². The molecule has 4 heterocycles. The van der Waals surface area contributed by atoms with E-state index in [2.05, 4.69) is 21.3 Å². The van der Waals surface area contributed by atoms with E-state index in [4.69, 9.17) is 19.2 Å². The number of para-hydroxylation sites is 1. The van der Waals surface area contributed by atoms with E-state index in [9.17, 15) is 73.2 Å². The van der Waals surface area contributed by atoms with Crippen molar-refractivity contribution in [1.29, 1.82) is 0 Å². The van der Waals surface area contributed by atoms with Crippen molar-refractivity contribution < 1.29 is 82.6 Å². The van der Waals surface area contributed by atoms with Gasteiger partial charge in [-0.25, -0.2) is 9.78 Å². The highest BCUT2D eigenvalue weighted by atomic mass is 16.6. The summed E-state index contributed by atoms with van der Waals surface area (Å²) in [6, 6.07) is 16.8. The number of fused-ring (bicyclic) bond motifs is 5. The zero-order valence-electron chi connectivity index (χ0n) is 50.0. The Morgan fingerprint density at radius 2 is 1.34 bits per heavy atom. The van der Waals surface area contributed by atoms with Crippen molar-refractivity contribution >= 4 is 69.6 Å². The highest BCUT2D eigenvalue weighted by Crippen LogP contribution is 2.41. The molecular weight excluding hydrogens is 1130 g/mol. The predicted octanol–water partition coefficient (Wildman–Crippen LogP) is 2.41. The number of aliphatic hydroxyl groups is 4. The SMILES string of the molecule is CCC(C(=O)NCCCC(=O)[C@@H](O)[C@H](O)[C@H](O)[C@@H](O)C(=O)NCCCC(=O)C(CC(=O)NC(Cc1ccccc1)C(=O)CCC(=O)O[C@]1(CC)C(=O)OCc2c1cc1n(c2=O)Cc2cc3ccccc3nc2-1)NC(=O)CCOCCC(C)=O)C(C)(C)C. The monoisotopic (exact) mass is 1210 g/mol. The number of Topliss-reactive ketones (excluding diaryl/α,β-unsaturated/α-hetero) is 4. The highest BCUT2D eigenvalue weighted by molar-refractivity contribution is 5.96. The second kappa shape index (κ2) is 31.1. The molecule has 24 heteroatoms. The molecule has 0 radical (unpaired) electrons. The Labute approximate surface area is 503 Å². The number of cyclic esters (lactones) is 1. The lowest BCUT2D eigenvalue weighted by atomic mass is 9.78. The summed E-state index contributed by atoms with van der Waals surface area (Å²) in [7, 11) is 0. The third kappa shape index (κ3) is 17.9. The van der Waals surface area contributed by atoms with Crippen molar-refractivity contribution in [2.24, 2.45) is 11.3 Å². The Balaban J connectivity index is 1.07. The number of carbonyl (C=O) groups excluding carboxylic acids is 10. The Kier molecular flexibility index (Phi) is 24.4. The summed E-state index contributed by atoms with van der Waals surface area (Å²) in [6.07, 6.45) is -11.5. The van der Waals surface area contributed by atoms with Crippen LogP contribution in [0.5, 0.6) is 0 Å². The van der Waals surface area contributed by atoms with Gasteiger partial charge in [-0.1, -0.05) is 83.1 Å². The summed E-state index contributed by atoms with van der Waals surface area (Å²) in [5.41, 5.74) is 0.490. The van der Waals surface area contributed by atoms with Gasteiger partial charge in [0.15, 0.2) is 23.5 Å². The third-order valence-corrected chi connectivity index (χ3v) is 15.6. The number of rotatable bonds is 34. The summed E-state index contributed by atoms with van der Waals surface area (Å²) in [4.78, 5) is 151. The molecular formula is C63H80N6O18. The molecule has 2 aliphatic heterocycles. The number of hydrogen-bond donors (Lipinski definition) is 8. The van der Waals surface area contributed by atoms with Gasteiger partial charge in [0.1, 0.15) is 30.7 Å². The Bertz CT molecular complexity index is 3250. The highest BCUT2D eigenvalue weighted by Gasteiger charge is 2.50. The zero-order valence-corrected chi connectivity index (χ0v) is 50.0. The number of aliphatic hydroxyl groups excluding tert-OH is 4. The first kappa shape index (κ1) is 68.2. The van der Waals surface area contributed by atoms with Crippen LogP contribution in [0.4, 0.5) is 0 Å². The number of aromatic nitrogens is 2. The second-order valence-corrected chi connectivity index (χ2v) is 23.1. The lowest BCUT2D eigenvalue weighted by Gasteiger charge is -2.35. The molecule has 3 unspecified atom stereocenters. The number of ketones is 4. The molecule has 8 N–H and O–H groups in total. The minimum Gasteiger partial charge on any atom is -0.457 e. The van der Waals surface area contributed by atoms with Crippen molar-refractivity contribution in [3.63, 3.8) is 0 Å². The van der Waals surface area contributed by atoms with Gasteiger partial charge in [-0.2, -0.15) is 0 Å². The number of benzene rings is 2. The first-order chi connectivity index (χ1) is 41.3. The summed E-state index contributed by atoms with van der Waals surface area (Å²) in [6.45, 7) is 10.1. The molecule has 8 atom stereocenters. The summed E-state index contributed by atoms with van der Waals surface area (Å²) in [5.74, 6) is -7.59. The molecule has 0 spiro atoms. The van der Waals surface area contributed by atoms with Crippen LogP contribution in [0.15, 0.2) is 71.5 Å². The first-order valence-electron chi connectivity index (χ1n) is 29.4. The predicted molar refractivity (Wildman–Crippen MR) is 314 cm³/mol. The average molecular weight is 1210 g/mol. The average Bonchev–Trinajstić information content (AvgIpc) is 1.70. The minimum atomic E-state index is -2.35. The zero-order chi connectivity index (χ0) is 63.8. The topological polar surface area (TPSA) is 362 Å². The van der Waals surface area contributed by atoms with Crippen LogP contribution in [0.25, 0.3) is 22.3 Å². The molecule has 0 saturated carbocycles. The molecule has 87 heavy (non-hydrogen) atoms. The van der Waals surface area contributed by atoms with Crippen LogP contribution in [0.2, 0.25) is 0 Å². The van der Waals surface area contributed by atoms with Gasteiger partial charge in [-0.05, 0) is 68.2 Å². The standard InChI is InChI=1S/C63H80N6O18/c1-7-41(62(4,5)6)58(81)64-26-15-21-49(73)54(77)55(78)56(79)57(80)59(82)65-27-14-20-47(71)45(66-50(74)25-29-85-28-24-36(3)70)33-51(75)67-44(30-37-16-10-9-11-17-37)48(72)22-23-52(76)87-63(8-2)42-32-46-53-39(31-38-18-12-13-19-43(38)68-53)34-69(46)60(83)40(42)35-86-61(63)84/h9-13,16-19,31-32,41,44-45,54-57,77-80H,7-8,14-15,20-30,33-35H2,1-6H3,(H,64,81)(H,65,82)(H,66,74)(H,67,75)/t41?,44?,45?,54-,55+,56+,57-,63+/m1/s1. The van der Waals surface area contributed by atoms with Gasteiger partial charge in [-0.15, -0.1) is 0 Å². The van der Waals surface area contributed by atoms with E-state index >= 15 is 0 Å². The fourth-order valence-corrected chi connectivity index (χ4v) is 10.7. The summed E-state index contributed by atoms with van der Waals surface area (Å²) < 4.78 is 18.3. The van der Waals surface area contributed by atoms with E-state index in [0.717, 1.165) is 10.9 Å². The Morgan fingerprint density at radius 3 is 2.01 bits per heavy atom. The Hall–Kier alpha value is -7.90. The molecule has 6 rings (SSSR count). The molecule has 470 valence electrons. The van der Waals surface area contributed by atoms with E-state index in [1.165, 1.54) is 11.5 Å². The summed E-state index contributed by atoms with van der Waals surface area (Å²) in [5, 5.41) is 53.2. The van der Waals surface area contributed by atoms with Crippen LogP contribution in [0.3, 0.4) is 0 Å². The quantitative estimate of drug-likeness (QED) is 0.0216. The van der Waals surface area contributed by atoms with E-state index < -0.39 is 114 Å². The number of nitrogens with one attached hydrogen (secondary N) is 4. The van der Waals surface area contributed by atoms with Crippen molar-refractivity contribution in [3.05, 3.63) is 99.3 Å². The van der Waals surface area contributed by atoms with Crippen LogP contribution in [-0.4, -0.2) is 151 Å². The molecule has 2 aromatic carbocycles. The van der Waals surface area contributed by atoms with Crippen LogP contribution < -0.4 is 26.8 Å². The van der Waals surface area contributed by atoms with Gasteiger partial charge < -0.3 is 60.5 Å². The number of hydrogen-bond acceptors (Lipinski definition) is 19. The number of nitrogens with zero attached hydrogens (tertiary/aromatic N) is 2. The molecule has 0 bridgehead atoms. The lowest BCUT2D eigenvalue weighted by Crippen LogP contribution is -2.52. The number of ether oxygens (including phenoxy) is 3. The molecule has 4 amide bonds. The number of carbonyl (C=O) groups is 10. The molecule has 2 aromatic heterocycles. The van der Waals surface area contributed by atoms with Gasteiger partial charge in [0.25, 0.3) is 11.5 Å². The molecule has 4 aromatic rings. The normalized spacial score (nSPS) is 16.7. The Morgan fingerprint density at radius 1 is 0.724 bits per heavy atom. The van der Waals surface area contributed by atoms with E-state index in [0.29, 0.717) is 28.9 Å². The van der Waals surface area contributed by atoms with Crippen LogP contribution >= 0.6 is 0 Å². The molecule has 0 saturated heterocycles. The van der Waals surface area contributed by atoms with Gasteiger partial charge in [0.2, 0.25) is 23.3 Å². The fraction of sp³-hybridized carbons (Fsp3) is 0.524. The third-order valence-electron chi connectivity index (χ3n) is 15.6. The maximum Gasteiger partial charge on any atom is 0.355 e. The summed E-state index contributed by atoms with van der Waals surface area (Å²) >= 11 is 0. The van der Waals surface area contributed by atoms with E-state index in [1.54, 1.807) is 43.3 Å². The second-order valence-electron chi connectivity index (χ2n) is 23.1. The van der Waals surface area contributed by atoms with E-state index in [1.807, 2.05) is 58.0 Å². The van der Waals surface area contributed by atoms with Crippen molar-refractivity contribution in [2.75, 3.05) is 26.3 Å². The van der Waals surface area contributed by atoms with E-state index in [-0.39, 0.29) is 125 Å². The first-order valence-corrected chi connectivity index (χ1v) is 29.4. The maximum absolute atomic E-state index is 14.2. The molecule has 24 nitrogen and oxygen atoms in total. The van der Waals surface area contributed by atoms with Crippen molar-refractivity contribution in [1.82, 2.24) is 30.8 Å². The lowest BCUT2D eigenvalue weighted by molar-refractivity contribution is -0.189. The smallest absolute Gasteiger partial charge is 0.355 e.